The van der Waals surface area contributed by atoms with Crippen LogP contribution in [0.1, 0.15) is 65.2 Å². The summed E-state index contributed by atoms with van der Waals surface area (Å²) < 4.78 is 5.13. The second-order valence-corrected chi connectivity index (χ2v) is 9.68. The van der Waals surface area contributed by atoms with Crippen LogP contribution in [-0.4, -0.2) is 37.0 Å². The number of amides is 1. The first-order chi connectivity index (χ1) is 11.8. The van der Waals surface area contributed by atoms with E-state index in [2.05, 4.69) is 18.7 Å². The molecule has 7 unspecified atom stereocenters. The summed E-state index contributed by atoms with van der Waals surface area (Å²) in [4.78, 5) is 26.6. The maximum atomic E-state index is 12.3. The number of ether oxygens (including phenoxy) is 1. The summed E-state index contributed by atoms with van der Waals surface area (Å²) in [7, 11) is 3.55. The molecule has 0 radical (unpaired) electrons. The van der Waals surface area contributed by atoms with Gasteiger partial charge in [0.05, 0.1) is 13.0 Å². The fourth-order valence-electron chi connectivity index (χ4n) is 7.68. The summed E-state index contributed by atoms with van der Waals surface area (Å²) >= 11 is 0. The molecular weight excluding hydrogens is 314 g/mol. The van der Waals surface area contributed by atoms with Gasteiger partial charge in [0.25, 0.3) is 0 Å². The number of hydrogen-bond donors (Lipinski definition) is 0. The van der Waals surface area contributed by atoms with E-state index in [1.54, 1.807) is 0 Å². The van der Waals surface area contributed by atoms with Gasteiger partial charge in [-0.1, -0.05) is 13.8 Å². The van der Waals surface area contributed by atoms with Crippen molar-refractivity contribution in [3.63, 3.8) is 0 Å². The molecule has 0 spiro atoms. The van der Waals surface area contributed by atoms with Crippen molar-refractivity contribution >= 4 is 11.9 Å². The maximum absolute atomic E-state index is 12.3. The number of rotatable bonds is 1. The van der Waals surface area contributed by atoms with Crippen LogP contribution in [0, 0.1) is 34.5 Å². The summed E-state index contributed by atoms with van der Waals surface area (Å²) in [6.07, 6.45) is 8.62. The number of nitrogens with zero attached hydrogens (tertiary/aromatic N) is 1. The highest BCUT2D eigenvalue weighted by atomic mass is 16.5. The topological polar surface area (TPSA) is 46.6 Å². The van der Waals surface area contributed by atoms with Gasteiger partial charge in [0, 0.05) is 19.5 Å². The molecule has 7 atom stereocenters. The highest BCUT2D eigenvalue weighted by molar-refractivity contribution is 5.77. The van der Waals surface area contributed by atoms with Crippen LogP contribution in [0.3, 0.4) is 0 Å². The van der Waals surface area contributed by atoms with Crippen molar-refractivity contribution in [1.82, 2.24) is 4.90 Å². The zero-order valence-corrected chi connectivity index (χ0v) is 16.2. The zero-order valence-electron chi connectivity index (χ0n) is 16.2. The van der Waals surface area contributed by atoms with Crippen molar-refractivity contribution in [3.05, 3.63) is 0 Å². The Morgan fingerprint density at radius 1 is 1.04 bits per heavy atom. The van der Waals surface area contributed by atoms with E-state index in [1.165, 1.54) is 26.4 Å². The molecule has 140 valence electrons. The van der Waals surface area contributed by atoms with Crippen molar-refractivity contribution in [2.45, 2.75) is 71.3 Å². The van der Waals surface area contributed by atoms with E-state index >= 15 is 0 Å². The number of hydrogen-bond acceptors (Lipinski definition) is 3. The van der Waals surface area contributed by atoms with Gasteiger partial charge in [-0.25, -0.2) is 0 Å². The second kappa shape index (κ2) is 5.72. The number of carbonyl (C=O) groups excluding carboxylic acids is 2. The summed E-state index contributed by atoms with van der Waals surface area (Å²) in [6.45, 7) is 4.81. The highest BCUT2D eigenvalue weighted by Crippen LogP contribution is 2.66. The van der Waals surface area contributed by atoms with E-state index in [1.807, 2.05) is 7.05 Å². The standard InChI is InChI=1S/C21H33NO3/c1-20-11-9-15-13(14(20)6-7-16(20)19(24)25-4)5-8-17-21(15,2)12-10-18(23)22(17)3/h13-17H,5-12H2,1-4H3. The number of likely N-dealkylation sites (tertiary alicyclic amines) is 1. The number of carbonyl (C=O) groups is 2. The quantitative estimate of drug-likeness (QED) is 0.680. The fourth-order valence-corrected chi connectivity index (χ4v) is 7.68. The Morgan fingerprint density at radius 3 is 2.48 bits per heavy atom. The van der Waals surface area contributed by atoms with Gasteiger partial charge in [0.1, 0.15) is 0 Å². The van der Waals surface area contributed by atoms with Crippen LogP contribution >= 0.6 is 0 Å². The van der Waals surface area contributed by atoms with Crippen molar-refractivity contribution in [2.24, 2.45) is 34.5 Å². The van der Waals surface area contributed by atoms with Gasteiger partial charge in [-0.15, -0.1) is 0 Å². The van der Waals surface area contributed by atoms with E-state index < -0.39 is 0 Å². The first-order valence-electron chi connectivity index (χ1n) is 10.2. The molecule has 25 heavy (non-hydrogen) atoms. The summed E-state index contributed by atoms with van der Waals surface area (Å²) in [5.74, 6) is 2.49. The average Bonchev–Trinajstić information content (AvgIpc) is 2.95. The molecule has 3 saturated carbocycles. The van der Waals surface area contributed by atoms with Crippen LogP contribution in [0.15, 0.2) is 0 Å². The second-order valence-electron chi connectivity index (χ2n) is 9.68. The number of esters is 1. The molecule has 0 aromatic rings. The molecule has 4 rings (SSSR count). The Labute approximate surface area is 151 Å². The van der Waals surface area contributed by atoms with Crippen LogP contribution < -0.4 is 0 Å². The molecule has 0 bridgehead atoms. The van der Waals surface area contributed by atoms with Crippen LogP contribution in [0.5, 0.6) is 0 Å². The minimum atomic E-state index is 0.00587. The average molecular weight is 347 g/mol. The van der Waals surface area contributed by atoms with Crippen LogP contribution in [0.4, 0.5) is 0 Å². The van der Waals surface area contributed by atoms with Crippen LogP contribution in [0.25, 0.3) is 0 Å². The molecule has 4 aliphatic rings. The minimum absolute atomic E-state index is 0.00587. The lowest BCUT2D eigenvalue weighted by Crippen LogP contribution is -2.61. The molecule has 1 amide bonds. The Bertz CT molecular complexity index is 590. The third-order valence-electron chi connectivity index (χ3n) is 9.04. The third-order valence-corrected chi connectivity index (χ3v) is 9.04. The van der Waals surface area contributed by atoms with E-state index in [0.717, 1.165) is 31.6 Å². The minimum Gasteiger partial charge on any atom is -0.469 e. The Morgan fingerprint density at radius 2 is 1.76 bits per heavy atom. The molecule has 4 nitrogen and oxygen atoms in total. The Hall–Kier alpha value is -1.06. The molecule has 3 aliphatic carbocycles. The van der Waals surface area contributed by atoms with Crippen molar-refractivity contribution in [2.75, 3.05) is 14.2 Å². The molecule has 0 N–H and O–H groups in total. The van der Waals surface area contributed by atoms with Crippen molar-refractivity contribution in [3.8, 4) is 0 Å². The summed E-state index contributed by atoms with van der Waals surface area (Å²) in [6, 6.07) is 0.414. The van der Waals surface area contributed by atoms with Gasteiger partial charge in [-0.05, 0) is 73.5 Å². The lowest BCUT2D eigenvalue weighted by molar-refractivity contribution is -0.164. The lowest BCUT2D eigenvalue weighted by atomic mass is 9.47. The number of piperidine rings is 1. The molecule has 0 aromatic heterocycles. The van der Waals surface area contributed by atoms with E-state index in [9.17, 15) is 9.59 Å². The van der Waals surface area contributed by atoms with E-state index in [-0.39, 0.29) is 22.7 Å². The largest absolute Gasteiger partial charge is 0.469 e. The lowest BCUT2D eigenvalue weighted by Gasteiger charge is -2.61. The van der Waals surface area contributed by atoms with Gasteiger partial charge in [0.15, 0.2) is 0 Å². The van der Waals surface area contributed by atoms with E-state index in [0.29, 0.717) is 30.2 Å². The Balaban J connectivity index is 1.62. The Kier molecular flexibility index (Phi) is 3.97. The monoisotopic (exact) mass is 347 g/mol. The van der Waals surface area contributed by atoms with Crippen molar-refractivity contribution in [1.29, 1.82) is 0 Å². The number of methoxy groups -OCH3 is 1. The van der Waals surface area contributed by atoms with Crippen molar-refractivity contribution < 1.29 is 14.3 Å². The molecular formula is C21H33NO3. The molecule has 1 saturated heterocycles. The molecule has 4 fully saturated rings. The van der Waals surface area contributed by atoms with Gasteiger partial charge >= 0.3 is 5.97 Å². The van der Waals surface area contributed by atoms with Crippen LogP contribution in [0.2, 0.25) is 0 Å². The maximum Gasteiger partial charge on any atom is 0.309 e. The first kappa shape index (κ1) is 17.4. The molecule has 0 aromatic carbocycles. The summed E-state index contributed by atoms with van der Waals surface area (Å²) in [5, 5.41) is 0. The SMILES string of the molecule is COC(=O)C1CCC2C3CCC4N(C)C(=O)CCC4(C)C3CCC12C. The van der Waals surface area contributed by atoms with Gasteiger partial charge in [0.2, 0.25) is 5.91 Å². The predicted molar refractivity (Wildman–Crippen MR) is 95.7 cm³/mol. The third kappa shape index (κ3) is 2.24. The smallest absolute Gasteiger partial charge is 0.309 e. The normalized spacial score (nSPS) is 49.2. The molecule has 4 heteroatoms. The van der Waals surface area contributed by atoms with Gasteiger partial charge in [-0.2, -0.15) is 0 Å². The first-order valence-corrected chi connectivity index (χ1v) is 10.2. The predicted octanol–water partition coefficient (Wildman–Crippen LogP) is 3.64. The van der Waals surface area contributed by atoms with Gasteiger partial charge < -0.3 is 9.64 Å². The van der Waals surface area contributed by atoms with Gasteiger partial charge in [-0.3, -0.25) is 9.59 Å². The highest BCUT2D eigenvalue weighted by Gasteiger charge is 2.62. The fraction of sp³-hybridized carbons (Fsp3) is 0.905. The van der Waals surface area contributed by atoms with Crippen LogP contribution in [-0.2, 0) is 14.3 Å². The summed E-state index contributed by atoms with van der Waals surface area (Å²) in [5.41, 5.74) is 0.379. The number of fused-ring (bicyclic) bond motifs is 5. The molecule has 1 aliphatic heterocycles. The molecule has 1 heterocycles. The van der Waals surface area contributed by atoms with E-state index in [4.69, 9.17) is 4.74 Å². The zero-order chi connectivity index (χ0) is 18.0.